The standard InChI is InChI=1S/C18H16ClNO5/c19-15-5-3-12(16-6-4-13(10-21)25-16)9-14(15)18(23)24-11-17(22)20-7-1-2-8-20/h3-6,9-10H,1-2,7-8,11H2. The van der Waals surface area contributed by atoms with E-state index in [2.05, 4.69) is 0 Å². The third kappa shape index (κ3) is 3.91. The van der Waals surface area contributed by atoms with Crippen LogP contribution in [0.5, 0.6) is 0 Å². The van der Waals surface area contributed by atoms with Crippen molar-refractivity contribution in [3.05, 3.63) is 46.7 Å². The van der Waals surface area contributed by atoms with Gasteiger partial charge in [0.2, 0.25) is 0 Å². The zero-order chi connectivity index (χ0) is 17.8. The van der Waals surface area contributed by atoms with E-state index in [0.29, 0.717) is 30.7 Å². The van der Waals surface area contributed by atoms with E-state index in [9.17, 15) is 14.4 Å². The summed E-state index contributed by atoms with van der Waals surface area (Å²) < 4.78 is 10.4. The maximum atomic E-state index is 12.3. The molecule has 0 saturated carbocycles. The molecule has 0 radical (unpaired) electrons. The summed E-state index contributed by atoms with van der Waals surface area (Å²) in [6.45, 7) is 1.09. The molecule has 1 saturated heterocycles. The van der Waals surface area contributed by atoms with Gasteiger partial charge in [0.25, 0.3) is 5.91 Å². The lowest BCUT2D eigenvalue weighted by molar-refractivity contribution is -0.133. The number of aldehydes is 1. The van der Waals surface area contributed by atoms with Gasteiger partial charge < -0.3 is 14.1 Å². The average Bonchev–Trinajstić information content (AvgIpc) is 3.31. The van der Waals surface area contributed by atoms with Gasteiger partial charge in [-0.05, 0) is 43.2 Å². The number of halogens is 1. The monoisotopic (exact) mass is 361 g/mol. The van der Waals surface area contributed by atoms with Crippen LogP contribution in [0.1, 0.15) is 33.8 Å². The Hall–Kier alpha value is -2.60. The predicted octanol–water partition coefficient (Wildman–Crippen LogP) is 3.19. The van der Waals surface area contributed by atoms with Gasteiger partial charge in [-0.15, -0.1) is 0 Å². The van der Waals surface area contributed by atoms with Crippen molar-refractivity contribution in [2.75, 3.05) is 19.7 Å². The minimum atomic E-state index is -0.679. The summed E-state index contributed by atoms with van der Waals surface area (Å²) in [6, 6.07) is 7.88. The number of furan rings is 1. The fraction of sp³-hybridized carbons (Fsp3) is 0.278. The Morgan fingerprint density at radius 1 is 1.20 bits per heavy atom. The largest absolute Gasteiger partial charge is 0.453 e. The van der Waals surface area contributed by atoms with Gasteiger partial charge in [0.1, 0.15) is 5.76 Å². The van der Waals surface area contributed by atoms with Gasteiger partial charge in [0.15, 0.2) is 18.7 Å². The number of carbonyl (C=O) groups is 3. The highest BCUT2D eigenvalue weighted by Crippen LogP contribution is 2.27. The number of amides is 1. The number of rotatable bonds is 5. The highest BCUT2D eigenvalue weighted by Gasteiger charge is 2.21. The van der Waals surface area contributed by atoms with Crippen LogP contribution in [0, 0.1) is 0 Å². The number of benzene rings is 1. The second kappa shape index (κ2) is 7.53. The zero-order valence-electron chi connectivity index (χ0n) is 13.4. The van der Waals surface area contributed by atoms with E-state index in [-0.39, 0.29) is 28.9 Å². The summed E-state index contributed by atoms with van der Waals surface area (Å²) in [5, 5.41) is 0.213. The number of hydrogen-bond acceptors (Lipinski definition) is 5. The van der Waals surface area contributed by atoms with Crippen molar-refractivity contribution in [1.29, 1.82) is 0 Å². The third-order valence-electron chi connectivity index (χ3n) is 4.00. The Morgan fingerprint density at radius 3 is 2.64 bits per heavy atom. The highest BCUT2D eigenvalue weighted by atomic mass is 35.5. The van der Waals surface area contributed by atoms with Gasteiger partial charge in [-0.2, -0.15) is 0 Å². The minimum absolute atomic E-state index is 0.137. The van der Waals surface area contributed by atoms with E-state index in [4.69, 9.17) is 20.8 Å². The molecule has 7 heteroatoms. The molecule has 1 aliphatic heterocycles. The summed E-state index contributed by atoms with van der Waals surface area (Å²) in [6.07, 6.45) is 2.54. The lowest BCUT2D eigenvalue weighted by Crippen LogP contribution is -2.32. The van der Waals surface area contributed by atoms with Gasteiger partial charge in [-0.1, -0.05) is 11.6 Å². The van der Waals surface area contributed by atoms with Crippen LogP contribution in [0.4, 0.5) is 0 Å². The number of likely N-dealkylation sites (tertiary alicyclic amines) is 1. The van der Waals surface area contributed by atoms with Crippen LogP contribution in [0.2, 0.25) is 5.02 Å². The third-order valence-corrected chi connectivity index (χ3v) is 4.33. The van der Waals surface area contributed by atoms with Crippen LogP contribution in [-0.2, 0) is 9.53 Å². The molecule has 0 N–H and O–H groups in total. The van der Waals surface area contributed by atoms with E-state index in [1.807, 2.05) is 0 Å². The lowest BCUT2D eigenvalue weighted by Gasteiger charge is -2.15. The van der Waals surface area contributed by atoms with Crippen molar-refractivity contribution in [2.45, 2.75) is 12.8 Å². The van der Waals surface area contributed by atoms with Crippen molar-refractivity contribution in [1.82, 2.24) is 4.90 Å². The normalized spacial score (nSPS) is 13.7. The van der Waals surface area contributed by atoms with Crippen molar-refractivity contribution < 1.29 is 23.5 Å². The fourth-order valence-electron chi connectivity index (χ4n) is 2.67. The van der Waals surface area contributed by atoms with E-state index < -0.39 is 5.97 Å². The van der Waals surface area contributed by atoms with E-state index in [1.165, 1.54) is 12.1 Å². The molecule has 25 heavy (non-hydrogen) atoms. The van der Waals surface area contributed by atoms with Gasteiger partial charge in [-0.25, -0.2) is 4.79 Å². The maximum absolute atomic E-state index is 12.3. The molecular weight excluding hydrogens is 346 g/mol. The lowest BCUT2D eigenvalue weighted by atomic mass is 10.1. The van der Waals surface area contributed by atoms with Gasteiger partial charge >= 0.3 is 5.97 Å². The topological polar surface area (TPSA) is 76.8 Å². The molecular formula is C18H16ClNO5. The first-order chi connectivity index (χ1) is 12.1. The summed E-state index contributed by atoms with van der Waals surface area (Å²) in [4.78, 5) is 36.6. The number of nitrogens with zero attached hydrogens (tertiary/aromatic N) is 1. The van der Waals surface area contributed by atoms with Crippen LogP contribution in [0.3, 0.4) is 0 Å². The second-order valence-corrected chi connectivity index (χ2v) is 6.09. The molecule has 130 valence electrons. The van der Waals surface area contributed by atoms with E-state index in [0.717, 1.165) is 12.8 Å². The number of esters is 1. The zero-order valence-corrected chi connectivity index (χ0v) is 14.1. The molecule has 2 aromatic rings. The Balaban J connectivity index is 1.72. The fourth-order valence-corrected chi connectivity index (χ4v) is 2.86. The first-order valence-electron chi connectivity index (χ1n) is 7.88. The van der Waals surface area contributed by atoms with Crippen LogP contribution in [0.15, 0.2) is 34.7 Å². The molecule has 0 unspecified atom stereocenters. The molecule has 0 spiro atoms. The molecule has 1 amide bonds. The number of ether oxygens (including phenoxy) is 1. The summed E-state index contributed by atoms with van der Waals surface area (Å²) in [5.74, 6) is -0.271. The maximum Gasteiger partial charge on any atom is 0.340 e. The number of hydrogen-bond donors (Lipinski definition) is 0. The first kappa shape index (κ1) is 17.2. The van der Waals surface area contributed by atoms with Crippen molar-refractivity contribution in [2.24, 2.45) is 0 Å². The van der Waals surface area contributed by atoms with Crippen LogP contribution >= 0.6 is 11.6 Å². The van der Waals surface area contributed by atoms with Crippen LogP contribution < -0.4 is 0 Å². The van der Waals surface area contributed by atoms with Crippen molar-refractivity contribution in [3.8, 4) is 11.3 Å². The predicted molar refractivity (Wildman–Crippen MR) is 90.6 cm³/mol. The summed E-state index contributed by atoms with van der Waals surface area (Å²) in [7, 11) is 0. The quantitative estimate of drug-likeness (QED) is 0.603. The second-order valence-electron chi connectivity index (χ2n) is 5.68. The number of carbonyl (C=O) groups excluding carboxylic acids is 3. The highest BCUT2D eigenvalue weighted by molar-refractivity contribution is 6.33. The van der Waals surface area contributed by atoms with Gasteiger partial charge in [0, 0.05) is 18.7 Å². The SMILES string of the molecule is O=Cc1ccc(-c2ccc(Cl)c(C(=O)OCC(=O)N3CCCC3)c2)o1. The smallest absolute Gasteiger partial charge is 0.340 e. The molecule has 3 rings (SSSR count). The minimum Gasteiger partial charge on any atom is -0.453 e. The van der Waals surface area contributed by atoms with Gasteiger partial charge in [-0.3, -0.25) is 9.59 Å². The van der Waals surface area contributed by atoms with Crippen molar-refractivity contribution >= 4 is 29.8 Å². The van der Waals surface area contributed by atoms with Crippen LogP contribution in [-0.4, -0.2) is 42.8 Å². The molecule has 1 aromatic heterocycles. The van der Waals surface area contributed by atoms with Crippen LogP contribution in [0.25, 0.3) is 11.3 Å². The average molecular weight is 362 g/mol. The molecule has 6 nitrogen and oxygen atoms in total. The molecule has 0 bridgehead atoms. The summed E-state index contributed by atoms with van der Waals surface area (Å²) >= 11 is 6.07. The Bertz CT molecular complexity index is 808. The Labute approximate surface area is 149 Å². The molecule has 1 aliphatic rings. The molecule has 0 aliphatic carbocycles. The molecule has 1 fully saturated rings. The molecule has 0 atom stereocenters. The Kier molecular flexibility index (Phi) is 5.19. The Morgan fingerprint density at radius 2 is 1.96 bits per heavy atom. The summed E-state index contributed by atoms with van der Waals surface area (Å²) in [5.41, 5.74) is 0.716. The molecule has 1 aromatic carbocycles. The van der Waals surface area contributed by atoms with E-state index in [1.54, 1.807) is 23.1 Å². The molecule has 2 heterocycles. The first-order valence-corrected chi connectivity index (χ1v) is 8.26. The van der Waals surface area contributed by atoms with E-state index >= 15 is 0 Å². The van der Waals surface area contributed by atoms with Crippen molar-refractivity contribution in [3.63, 3.8) is 0 Å². The van der Waals surface area contributed by atoms with Gasteiger partial charge in [0.05, 0.1) is 10.6 Å².